The van der Waals surface area contributed by atoms with Gasteiger partial charge in [0.1, 0.15) is 5.75 Å². The predicted molar refractivity (Wildman–Crippen MR) is 64.2 cm³/mol. The van der Waals surface area contributed by atoms with Crippen LogP contribution in [0.3, 0.4) is 0 Å². The van der Waals surface area contributed by atoms with Gasteiger partial charge in [0.05, 0.1) is 17.8 Å². The van der Waals surface area contributed by atoms with Crippen LogP contribution in [0, 0.1) is 5.41 Å². The molecule has 19 heavy (non-hydrogen) atoms. The van der Waals surface area contributed by atoms with E-state index >= 15 is 0 Å². The van der Waals surface area contributed by atoms with Crippen LogP contribution in [0.1, 0.15) is 0 Å². The number of rotatable bonds is 2. The van der Waals surface area contributed by atoms with Gasteiger partial charge in [-0.2, -0.15) is 0 Å². The molecule has 0 spiro atoms. The Balaban J connectivity index is 2.98. The molecule has 0 aliphatic rings. The number of ether oxygens (including phenoxy) is 2. The van der Waals surface area contributed by atoms with Crippen LogP contribution in [0.15, 0.2) is 23.2 Å². The van der Waals surface area contributed by atoms with E-state index in [1.165, 1.54) is 13.2 Å². The van der Waals surface area contributed by atoms with Crippen LogP contribution in [-0.4, -0.2) is 25.2 Å². The monoisotopic (exact) mass is 295 g/mol. The van der Waals surface area contributed by atoms with E-state index in [1.54, 1.807) is 0 Å². The number of nitrogens with zero attached hydrogens (tertiary/aromatic N) is 1. The highest BCUT2D eigenvalue weighted by Crippen LogP contribution is 2.31. The minimum Gasteiger partial charge on any atom is -0.479 e. The van der Waals surface area contributed by atoms with Crippen molar-refractivity contribution < 1.29 is 22.6 Å². The third-order valence-electron chi connectivity index (χ3n) is 1.83. The Kier molecular flexibility index (Phi) is 4.60. The standard InChI is InChI=1S/C10H9ClF3N3O2/c1-18-9(16)8(15)17-7-3-2-5(4-6(7)11)19-10(12,13)14/h2-4,16H,1H3,(H2,15,17). The van der Waals surface area contributed by atoms with Crippen molar-refractivity contribution in [2.75, 3.05) is 7.11 Å². The van der Waals surface area contributed by atoms with Crippen molar-refractivity contribution in [1.82, 2.24) is 0 Å². The molecule has 0 atom stereocenters. The van der Waals surface area contributed by atoms with Gasteiger partial charge in [0.2, 0.25) is 5.90 Å². The number of amidine groups is 1. The Bertz CT molecular complexity index is 517. The minimum absolute atomic E-state index is 0.0930. The zero-order chi connectivity index (χ0) is 14.6. The number of hydrogen-bond acceptors (Lipinski definition) is 4. The van der Waals surface area contributed by atoms with Crippen LogP contribution in [0.4, 0.5) is 18.9 Å². The average molecular weight is 296 g/mol. The topological polar surface area (TPSA) is 80.7 Å². The first kappa shape index (κ1) is 15.1. The molecule has 0 unspecified atom stereocenters. The highest BCUT2D eigenvalue weighted by molar-refractivity contribution is 6.37. The zero-order valence-corrected chi connectivity index (χ0v) is 10.3. The molecule has 0 aromatic heterocycles. The Morgan fingerprint density at radius 2 is 2.05 bits per heavy atom. The van der Waals surface area contributed by atoms with Crippen molar-refractivity contribution in [3.63, 3.8) is 0 Å². The van der Waals surface area contributed by atoms with E-state index in [1.807, 2.05) is 0 Å². The second kappa shape index (κ2) is 5.79. The molecule has 1 rings (SSSR count). The van der Waals surface area contributed by atoms with Crippen LogP contribution in [0.5, 0.6) is 5.75 Å². The SMILES string of the molecule is COC(=N)C(N)=Nc1ccc(OC(F)(F)F)cc1Cl. The summed E-state index contributed by atoms with van der Waals surface area (Å²) in [6.07, 6.45) is -4.80. The highest BCUT2D eigenvalue weighted by atomic mass is 35.5. The molecular weight excluding hydrogens is 287 g/mol. The highest BCUT2D eigenvalue weighted by Gasteiger charge is 2.31. The van der Waals surface area contributed by atoms with Crippen molar-refractivity contribution in [3.8, 4) is 5.75 Å². The van der Waals surface area contributed by atoms with E-state index in [0.717, 1.165) is 12.1 Å². The van der Waals surface area contributed by atoms with Gasteiger partial charge >= 0.3 is 6.36 Å². The Morgan fingerprint density at radius 1 is 1.42 bits per heavy atom. The molecule has 0 heterocycles. The quantitative estimate of drug-likeness (QED) is 0.650. The third-order valence-corrected chi connectivity index (χ3v) is 2.13. The van der Waals surface area contributed by atoms with Crippen LogP contribution < -0.4 is 10.5 Å². The average Bonchev–Trinajstić information content (AvgIpc) is 2.29. The molecule has 0 aliphatic heterocycles. The van der Waals surface area contributed by atoms with E-state index in [9.17, 15) is 13.2 Å². The molecule has 0 radical (unpaired) electrons. The van der Waals surface area contributed by atoms with Crippen LogP contribution >= 0.6 is 11.6 Å². The number of aliphatic imine (C=N–C) groups is 1. The molecule has 0 saturated carbocycles. The summed E-state index contributed by atoms with van der Waals surface area (Å²) in [7, 11) is 1.23. The Hall–Kier alpha value is -1.96. The Morgan fingerprint density at radius 3 is 2.53 bits per heavy atom. The number of hydrogen-bond donors (Lipinski definition) is 2. The van der Waals surface area contributed by atoms with Crippen molar-refractivity contribution >= 4 is 29.0 Å². The number of methoxy groups -OCH3 is 1. The van der Waals surface area contributed by atoms with E-state index in [4.69, 9.17) is 22.7 Å². The van der Waals surface area contributed by atoms with Crippen LogP contribution in [0.2, 0.25) is 5.02 Å². The van der Waals surface area contributed by atoms with E-state index in [2.05, 4.69) is 14.5 Å². The van der Waals surface area contributed by atoms with Gasteiger partial charge in [0.15, 0.2) is 5.84 Å². The number of benzene rings is 1. The second-order valence-electron chi connectivity index (χ2n) is 3.19. The van der Waals surface area contributed by atoms with Crippen molar-refractivity contribution in [2.24, 2.45) is 10.7 Å². The first-order chi connectivity index (χ1) is 8.73. The van der Waals surface area contributed by atoms with Gasteiger partial charge in [-0.25, -0.2) is 4.99 Å². The smallest absolute Gasteiger partial charge is 0.479 e. The summed E-state index contributed by atoms with van der Waals surface area (Å²) in [4.78, 5) is 3.74. The third kappa shape index (κ3) is 4.66. The van der Waals surface area contributed by atoms with Crippen molar-refractivity contribution in [3.05, 3.63) is 23.2 Å². The maximum atomic E-state index is 12.0. The summed E-state index contributed by atoms with van der Waals surface area (Å²) >= 11 is 5.73. The lowest BCUT2D eigenvalue weighted by atomic mass is 10.3. The molecule has 0 bridgehead atoms. The fraction of sp³-hybridized carbons (Fsp3) is 0.200. The first-order valence-corrected chi connectivity index (χ1v) is 5.13. The maximum Gasteiger partial charge on any atom is 0.573 e. The van der Waals surface area contributed by atoms with Gasteiger partial charge in [-0.05, 0) is 12.1 Å². The van der Waals surface area contributed by atoms with Gasteiger partial charge < -0.3 is 15.2 Å². The summed E-state index contributed by atoms with van der Waals surface area (Å²) in [5.74, 6) is -1.11. The van der Waals surface area contributed by atoms with Crippen molar-refractivity contribution in [2.45, 2.75) is 6.36 Å². The minimum atomic E-state index is -4.80. The zero-order valence-electron chi connectivity index (χ0n) is 9.58. The molecule has 0 saturated heterocycles. The van der Waals surface area contributed by atoms with Gasteiger partial charge in [-0.15, -0.1) is 13.2 Å². The van der Waals surface area contributed by atoms with Gasteiger partial charge in [0, 0.05) is 6.07 Å². The fourth-order valence-electron chi connectivity index (χ4n) is 1.06. The lowest BCUT2D eigenvalue weighted by Crippen LogP contribution is -2.23. The first-order valence-electron chi connectivity index (χ1n) is 4.75. The van der Waals surface area contributed by atoms with E-state index in [-0.39, 0.29) is 22.4 Å². The van der Waals surface area contributed by atoms with E-state index < -0.39 is 12.1 Å². The number of nitrogens with one attached hydrogen (secondary N) is 1. The van der Waals surface area contributed by atoms with Crippen LogP contribution in [-0.2, 0) is 4.74 Å². The number of alkyl halides is 3. The predicted octanol–water partition coefficient (Wildman–Crippen LogP) is 2.85. The van der Waals surface area contributed by atoms with Gasteiger partial charge in [0.25, 0.3) is 0 Å². The van der Waals surface area contributed by atoms with Gasteiger partial charge in [-0.3, -0.25) is 5.41 Å². The number of halogens is 4. The Labute approximate surface area is 111 Å². The molecule has 0 aliphatic carbocycles. The molecule has 1 aromatic carbocycles. The summed E-state index contributed by atoms with van der Waals surface area (Å²) in [5, 5.41) is 7.13. The van der Waals surface area contributed by atoms with Crippen molar-refractivity contribution in [1.29, 1.82) is 5.41 Å². The lowest BCUT2D eigenvalue weighted by Gasteiger charge is -2.09. The maximum absolute atomic E-state index is 12.0. The van der Waals surface area contributed by atoms with E-state index in [0.29, 0.717) is 0 Å². The molecule has 3 N–H and O–H groups in total. The summed E-state index contributed by atoms with van der Waals surface area (Å²) in [6.45, 7) is 0. The summed E-state index contributed by atoms with van der Waals surface area (Å²) in [6, 6.07) is 3.15. The largest absolute Gasteiger partial charge is 0.573 e. The summed E-state index contributed by atoms with van der Waals surface area (Å²) < 4.78 is 44.1. The fourth-order valence-corrected chi connectivity index (χ4v) is 1.27. The molecule has 1 aromatic rings. The normalized spacial score (nSPS) is 12.2. The number of nitrogens with two attached hydrogens (primary N) is 1. The molecule has 0 amide bonds. The van der Waals surface area contributed by atoms with Gasteiger partial charge in [-0.1, -0.05) is 11.6 Å². The molecule has 5 nitrogen and oxygen atoms in total. The molecule has 0 fully saturated rings. The molecular formula is C10H9ClF3N3O2. The molecule has 9 heteroatoms. The molecule has 104 valence electrons. The lowest BCUT2D eigenvalue weighted by molar-refractivity contribution is -0.274. The second-order valence-corrected chi connectivity index (χ2v) is 3.60. The summed E-state index contributed by atoms with van der Waals surface area (Å²) in [5.41, 5.74) is 5.49. The van der Waals surface area contributed by atoms with Crippen LogP contribution in [0.25, 0.3) is 0 Å².